The number of phenols is 1. The molecule has 2 N–H and O–H groups in total. The average Bonchev–Trinajstić information content (AvgIpc) is 2.99. The molecule has 1 aromatic carbocycles. The second kappa shape index (κ2) is 6.61. The molecule has 5 heteroatoms. The molecule has 20 heavy (non-hydrogen) atoms. The van der Waals surface area contributed by atoms with Gasteiger partial charge in [0.1, 0.15) is 0 Å². The summed E-state index contributed by atoms with van der Waals surface area (Å²) in [7, 11) is 1.52. The monoisotopic (exact) mass is 278 g/mol. The van der Waals surface area contributed by atoms with Crippen LogP contribution in [0, 0.1) is 0 Å². The summed E-state index contributed by atoms with van der Waals surface area (Å²) in [6.07, 6.45) is 2.18. The number of aromatic hydroxyl groups is 1. The van der Waals surface area contributed by atoms with Crippen LogP contribution in [0.2, 0.25) is 0 Å². The molecule has 1 aliphatic rings. The van der Waals surface area contributed by atoms with Gasteiger partial charge in [-0.2, -0.15) is 0 Å². The molecule has 1 unspecified atom stereocenters. The fraction of sp³-hybridized carbons (Fsp3) is 0.533. The number of para-hydroxylation sites is 1. The van der Waals surface area contributed by atoms with Crippen molar-refractivity contribution in [1.82, 2.24) is 10.2 Å². The van der Waals surface area contributed by atoms with Gasteiger partial charge in [-0.15, -0.1) is 0 Å². The number of hydrogen-bond donors (Lipinski definition) is 2. The van der Waals surface area contributed by atoms with Crippen LogP contribution >= 0.6 is 0 Å². The average molecular weight is 278 g/mol. The van der Waals surface area contributed by atoms with Crippen molar-refractivity contribution in [3.63, 3.8) is 0 Å². The van der Waals surface area contributed by atoms with Gasteiger partial charge in [-0.1, -0.05) is 12.1 Å². The molecule has 0 aliphatic carbocycles. The van der Waals surface area contributed by atoms with E-state index in [2.05, 4.69) is 5.32 Å². The second-order valence-corrected chi connectivity index (χ2v) is 5.10. The van der Waals surface area contributed by atoms with Crippen molar-refractivity contribution in [2.24, 2.45) is 0 Å². The zero-order valence-electron chi connectivity index (χ0n) is 12.1. The molecular formula is C15H22N2O3. The lowest BCUT2D eigenvalue weighted by molar-refractivity contribution is -0.131. The Hall–Kier alpha value is -1.75. The molecule has 1 heterocycles. The van der Waals surface area contributed by atoms with Crippen molar-refractivity contribution in [3.8, 4) is 11.5 Å². The molecule has 0 radical (unpaired) electrons. The highest BCUT2D eigenvalue weighted by Gasteiger charge is 2.23. The maximum Gasteiger partial charge on any atom is 0.239 e. The first kappa shape index (κ1) is 14.7. The summed E-state index contributed by atoms with van der Waals surface area (Å²) < 4.78 is 5.07. The highest BCUT2D eigenvalue weighted by molar-refractivity contribution is 5.81. The highest BCUT2D eigenvalue weighted by Crippen LogP contribution is 2.29. The maximum absolute atomic E-state index is 12.2. The number of phenolic OH excluding ortho intramolecular Hbond substituents is 1. The van der Waals surface area contributed by atoms with E-state index in [1.807, 2.05) is 24.0 Å². The van der Waals surface area contributed by atoms with Gasteiger partial charge in [0.2, 0.25) is 5.91 Å². The topological polar surface area (TPSA) is 61.8 Å². The van der Waals surface area contributed by atoms with Gasteiger partial charge in [0.05, 0.1) is 13.2 Å². The molecule has 2 rings (SSSR count). The summed E-state index contributed by atoms with van der Waals surface area (Å²) in [5.74, 6) is 0.705. The Bertz CT molecular complexity index is 470. The summed E-state index contributed by atoms with van der Waals surface area (Å²) >= 11 is 0. The van der Waals surface area contributed by atoms with Gasteiger partial charge in [0, 0.05) is 25.2 Å². The molecule has 5 nitrogen and oxygen atoms in total. The van der Waals surface area contributed by atoms with Gasteiger partial charge >= 0.3 is 0 Å². The van der Waals surface area contributed by atoms with Crippen LogP contribution < -0.4 is 10.1 Å². The van der Waals surface area contributed by atoms with Crippen LogP contribution in [0.4, 0.5) is 0 Å². The number of hydrogen-bond acceptors (Lipinski definition) is 4. The molecule has 1 saturated heterocycles. The Morgan fingerprint density at radius 3 is 2.80 bits per heavy atom. The van der Waals surface area contributed by atoms with E-state index in [1.165, 1.54) is 7.11 Å². The van der Waals surface area contributed by atoms with Crippen molar-refractivity contribution < 1.29 is 14.6 Å². The number of rotatable bonds is 5. The van der Waals surface area contributed by atoms with Gasteiger partial charge in [0.15, 0.2) is 11.5 Å². The minimum Gasteiger partial charge on any atom is -0.504 e. The Morgan fingerprint density at radius 2 is 2.15 bits per heavy atom. The van der Waals surface area contributed by atoms with Crippen LogP contribution in [-0.2, 0) is 11.3 Å². The third-order valence-electron chi connectivity index (χ3n) is 3.69. The van der Waals surface area contributed by atoms with E-state index in [9.17, 15) is 9.90 Å². The molecule has 0 saturated carbocycles. The molecule has 1 fully saturated rings. The molecule has 1 aliphatic heterocycles. The first-order valence-electron chi connectivity index (χ1n) is 7.00. The van der Waals surface area contributed by atoms with Crippen molar-refractivity contribution in [2.45, 2.75) is 32.4 Å². The van der Waals surface area contributed by atoms with E-state index in [0.717, 1.165) is 31.5 Å². The number of carbonyl (C=O) groups is 1. The van der Waals surface area contributed by atoms with Crippen molar-refractivity contribution in [2.75, 3.05) is 20.2 Å². The van der Waals surface area contributed by atoms with Crippen LogP contribution in [0.25, 0.3) is 0 Å². The third kappa shape index (κ3) is 3.22. The predicted molar refractivity (Wildman–Crippen MR) is 76.8 cm³/mol. The molecule has 1 atom stereocenters. The quantitative estimate of drug-likeness (QED) is 0.857. The second-order valence-electron chi connectivity index (χ2n) is 5.10. The van der Waals surface area contributed by atoms with Crippen LogP contribution in [0.5, 0.6) is 11.5 Å². The fourth-order valence-corrected chi connectivity index (χ4v) is 2.44. The molecular weight excluding hydrogens is 256 g/mol. The number of methoxy groups -OCH3 is 1. The first-order chi connectivity index (χ1) is 9.63. The smallest absolute Gasteiger partial charge is 0.239 e. The van der Waals surface area contributed by atoms with Gasteiger partial charge in [-0.05, 0) is 25.8 Å². The summed E-state index contributed by atoms with van der Waals surface area (Å²) in [5.41, 5.74) is 0.727. The zero-order valence-corrected chi connectivity index (χ0v) is 12.1. The number of amides is 1. The molecule has 0 aromatic heterocycles. The van der Waals surface area contributed by atoms with Gasteiger partial charge < -0.3 is 20.1 Å². The minimum atomic E-state index is -0.251. The van der Waals surface area contributed by atoms with Crippen molar-refractivity contribution in [3.05, 3.63) is 23.8 Å². The van der Waals surface area contributed by atoms with Gasteiger partial charge in [-0.3, -0.25) is 4.79 Å². The minimum absolute atomic E-state index is 0.128. The number of carbonyl (C=O) groups excluding carboxylic acids is 1. The van der Waals surface area contributed by atoms with Crippen molar-refractivity contribution >= 4 is 5.91 Å². The normalized spacial score (nSPS) is 16.2. The van der Waals surface area contributed by atoms with Crippen LogP contribution in [-0.4, -0.2) is 42.2 Å². The fourth-order valence-electron chi connectivity index (χ4n) is 2.44. The van der Waals surface area contributed by atoms with E-state index in [0.29, 0.717) is 12.3 Å². The highest BCUT2D eigenvalue weighted by atomic mass is 16.5. The molecule has 110 valence electrons. The summed E-state index contributed by atoms with van der Waals surface area (Å²) in [5, 5.41) is 13.2. The zero-order chi connectivity index (χ0) is 14.5. The van der Waals surface area contributed by atoms with Crippen LogP contribution in [0.1, 0.15) is 25.3 Å². The van der Waals surface area contributed by atoms with Gasteiger partial charge in [0.25, 0.3) is 0 Å². The number of benzene rings is 1. The number of ether oxygens (including phenoxy) is 1. The molecule has 0 bridgehead atoms. The Morgan fingerprint density at radius 1 is 1.45 bits per heavy atom. The van der Waals surface area contributed by atoms with E-state index in [-0.39, 0.29) is 17.7 Å². The van der Waals surface area contributed by atoms with E-state index < -0.39 is 0 Å². The Balaban J connectivity index is 1.92. The number of likely N-dealkylation sites (tertiary alicyclic amines) is 1. The van der Waals surface area contributed by atoms with E-state index in [1.54, 1.807) is 6.07 Å². The SMILES string of the molecule is COc1cccc(CNC(C)C(=O)N2CCCC2)c1O. The standard InChI is InChI=1S/C15H22N2O3/c1-11(15(19)17-8-3-4-9-17)16-10-12-6-5-7-13(20-2)14(12)18/h5-7,11,16,18H,3-4,8-10H2,1-2H3. The molecule has 1 aromatic rings. The lowest BCUT2D eigenvalue weighted by Gasteiger charge is -2.21. The Kier molecular flexibility index (Phi) is 4.84. The number of nitrogens with zero attached hydrogens (tertiary/aromatic N) is 1. The van der Waals surface area contributed by atoms with Crippen LogP contribution in [0.3, 0.4) is 0 Å². The number of nitrogens with one attached hydrogen (secondary N) is 1. The van der Waals surface area contributed by atoms with E-state index in [4.69, 9.17) is 4.74 Å². The van der Waals surface area contributed by atoms with Crippen molar-refractivity contribution in [1.29, 1.82) is 0 Å². The summed E-state index contributed by atoms with van der Waals surface area (Å²) in [4.78, 5) is 14.0. The Labute approximate surface area is 119 Å². The van der Waals surface area contributed by atoms with Gasteiger partial charge in [-0.25, -0.2) is 0 Å². The lowest BCUT2D eigenvalue weighted by Crippen LogP contribution is -2.43. The third-order valence-corrected chi connectivity index (χ3v) is 3.69. The first-order valence-corrected chi connectivity index (χ1v) is 7.00. The molecule has 1 amide bonds. The predicted octanol–water partition coefficient (Wildman–Crippen LogP) is 1.50. The lowest BCUT2D eigenvalue weighted by atomic mass is 10.1. The van der Waals surface area contributed by atoms with E-state index >= 15 is 0 Å². The maximum atomic E-state index is 12.2. The molecule has 0 spiro atoms. The van der Waals surface area contributed by atoms with Crippen LogP contribution in [0.15, 0.2) is 18.2 Å². The largest absolute Gasteiger partial charge is 0.504 e. The summed E-state index contributed by atoms with van der Waals surface area (Å²) in [6.45, 7) is 4.01. The summed E-state index contributed by atoms with van der Waals surface area (Å²) in [6, 6.07) is 5.09.